The Kier molecular flexibility index (Phi) is 7.38. The SMILES string of the molecule is Cc1cc(C2CCC(c3c[n+](C)c(-c4ccccc4C)cc3C)C2)ccc1-c1cc(C2CCCC2)c(C)c[n+]1C. The highest BCUT2D eigenvalue weighted by Crippen LogP contribution is 2.45. The van der Waals surface area contributed by atoms with Gasteiger partial charge in [0.25, 0.3) is 0 Å². The molecule has 2 nitrogen and oxygen atoms in total. The second kappa shape index (κ2) is 11.0. The first kappa shape index (κ1) is 26.9. The average molecular weight is 531 g/mol. The van der Waals surface area contributed by atoms with Crippen LogP contribution in [0.25, 0.3) is 22.5 Å². The zero-order valence-electron chi connectivity index (χ0n) is 25.4. The number of rotatable bonds is 5. The van der Waals surface area contributed by atoms with Crippen LogP contribution in [0, 0.1) is 27.7 Å². The number of hydrogen-bond acceptors (Lipinski definition) is 0. The summed E-state index contributed by atoms with van der Waals surface area (Å²) in [7, 11) is 4.42. The molecule has 206 valence electrons. The van der Waals surface area contributed by atoms with Crippen LogP contribution in [0.2, 0.25) is 0 Å². The lowest BCUT2D eigenvalue weighted by atomic mass is 9.88. The standard InChI is InChI=1S/C38H46N2/c1-25-11-7-10-14-33(25)37-20-27(3)36(24-40(37)6)32-16-15-31(21-32)30-17-18-34(26(2)19-30)38-22-35(28(4)23-39(38)5)29-12-8-9-13-29/h7,10-11,14,17-20,22-24,29,31-32H,8-9,12-13,15-16,21H2,1-6H3/q+2. The van der Waals surface area contributed by atoms with E-state index in [2.05, 4.69) is 118 Å². The van der Waals surface area contributed by atoms with E-state index in [0.717, 1.165) is 5.92 Å². The van der Waals surface area contributed by atoms with Gasteiger partial charge in [0.05, 0.1) is 0 Å². The number of hydrogen-bond donors (Lipinski definition) is 0. The zero-order valence-corrected chi connectivity index (χ0v) is 25.4. The molecule has 2 atom stereocenters. The van der Waals surface area contributed by atoms with Crippen molar-refractivity contribution >= 4 is 0 Å². The van der Waals surface area contributed by atoms with Crippen molar-refractivity contribution in [1.82, 2.24) is 0 Å². The van der Waals surface area contributed by atoms with E-state index in [9.17, 15) is 0 Å². The van der Waals surface area contributed by atoms with Gasteiger partial charge in [-0.3, -0.25) is 0 Å². The molecule has 0 amide bonds. The summed E-state index contributed by atoms with van der Waals surface area (Å²) < 4.78 is 4.68. The molecule has 2 aliphatic carbocycles. The second-order valence-corrected chi connectivity index (χ2v) is 12.9. The molecule has 2 heterocycles. The molecule has 2 heteroatoms. The molecule has 40 heavy (non-hydrogen) atoms. The molecule has 2 aromatic heterocycles. The Labute approximate surface area is 241 Å². The smallest absolute Gasteiger partial charge is 0.201 e. The lowest BCUT2D eigenvalue weighted by Gasteiger charge is -2.17. The molecule has 0 radical (unpaired) electrons. The third kappa shape index (κ3) is 5.02. The van der Waals surface area contributed by atoms with Crippen LogP contribution in [0.3, 0.4) is 0 Å². The molecular weight excluding hydrogens is 484 g/mol. The van der Waals surface area contributed by atoms with Crippen molar-refractivity contribution in [3.05, 3.63) is 106 Å². The summed E-state index contributed by atoms with van der Waals surface area (Å²) in [6.45, 7) is 9.13. The largest absolute Gasteiger partial charge is 0.212 e. The first-order valence-corrected chi connectivity index (χ1v) is 15.5. The van der Waals surface area contributed by atoms with Crippen molar-refractivity contribution < 1.29 is 9.13 Å². The Hall–Kier alpha value is -3.26. The van der Waals surface area contributed by atoms with Crippen molar-refractivity contribution in [2.45, 2.75) is 90.4 Å². The number of pyridine rings is 2. The molecule has 2 aliphatic rings. The van der Waals surface area contributed by atoms with E-state index in [1.807, 2.05) is 0 Å². The van der Waals surface area contributed by atoms with Gasteiger partial charge in [-0.2, -0.15) is 0 Å². The average Bonchev–Trinajstić information content (AvgIpc) is 3.64. The molecule has 6 rings (SSSR count). The summed E-state index contributed by atoms with van der Waals surface area (Å²) in [5.74, 6) is 2.01. The fourth-order valence-electron chi connectivity index (χ4n) is 7.86. The summed E-state index contributed by atoms with van der Waals surface area (Å²) in [4.78, 5) is 0. The minimum Gasteiger partial charge on any atom is -0.201 e. The number of aromatic nitrogens is 2. The maximum absolute atomic E-state index is 2.50. The quantitative estimate of drug-likeness (QED) is 0.228. The normalized spacial score (nSPS) is 19.4. The number of nitrogens with zero attached hydrogens (tertiary/aromatic N) is 2. The fourth-order valence-corrected chi connectivity index (χ4v) is 7.86. The van der Waals surface area contributed by atoms with Crippen molar-refractivity contribution in [2.75, 3.05) is 0 Å². The Morgan fingerprint density at radius 3 is 1.98 bits per heavy atom. The van der Waals surface area contributed by atoms with Gasteiger partial charge in [-0.05, 0) is 118 Å². The molecular formula is C38H46N2+2. The lowest BCUT2D eigenvalue weighted by molar-refractivity contribution is -0.661. The molecule has 2 saturated carbocycles. The molecule has 0 N–H and O–H groups in total. The highest BCUT2D eigenvalue weighted by Gasteiger charge is 2.31. The first-order chi connectivity index (χ1) is 19.3. The van der Waals surface area contributed by atoms with E-state index >= 15 is 0 Å². The van der Waals surface area contributed by atoms with Crippen LogP contribution >= 0.6 is 0 Å². The molecule has 0 saturated heterocycles. The molecule has 4 aromatic rings. The lowest BCUT2D eigenvalue weighted by Crippen LogP contribution is -2.32. The van der Waals surface area contributed by atoms with Crippen LogP contribution in [0.15, 0.2) is 67.0 Å². The minimum absolute atomic E-state index is 0.631. The van der Waals surface area contributed by atoms with Crippen LogP contribution in [-0.2, 0) is 14.1 Å². The molecule has 2 unspecified atom stereocenters. The van der Waals surface area contributed by atoms with E-state index < -0.39 is 0 Å². The predicted molar refractivity (Wildman–Crippen MR) is 166 cm³/mol. The van der Waals surface area contributed by atoms with Crippen molar-refractivity contribution in [2.24, 2.45) is 14.1 Å². The summed E-state index contributed by atoms with van der Waals surface area (Å²) in [5.41, 5.74) is 15.6. The van der Waals surface area contributed by atoms with E-state index in [1.165, 1.54) is 101 Å². The third-order valence-corrected chi connectivity index (χ3v) is 10.1. The maximum atomic E-state index is 2.50. The van der Waals surface area contributed by atoms with Gasteiger partial charge in [0.2, 0.25) is 11.4 Å². The van der Waals surface area contributed by atoms with E-state index in [-0.39, 0.29) is 0 Å². The van der Waals surface area contributed by atoms with Gasteiger partial charge in [0, 0.05) is 34.4 Å². The van der Waals surface area contributed by atoms with Crippen LogP contribution in [0.5, 0.6) is 0 Å². The maximum Gasteiger partial charge on any atom is 0.212 e. The van der Waals surface area contributed by atoms with E-state index in [4.69, 9.17) is 0 Å². The van der Waals surface area contributed by atoms with Gasteiger partial charge in [-0.25, -0.2) is 9.13 Å². The van der Waals surface area contributed by atoms with Crippen LogP contribution in [0.4, 0.5) is 0 Å². The highest BCUT2D eigenvalue weighted by atomic mass is 14.9. The monoisotopic (exact) mass is 530 g/mol. The summed E-state index contributed by atoms with van der Waals surface area (Å²) in [6, 6.07) is 21.0. The van der Waals surface area contributed by atoms with Crippen molar-refractivity contribution in [3.63, 3.8) is 0 Å². The van der Waals surface area contributed by atoms with E-state index in [0.29, 0.717) is 11.8 Å². The number of benzene rings is 2. The molecule has 0 bridgehead atoms. The Bertz CT molecular complexity index is 1560. The van der Waals surface area contributed by atoms with Crippen molar-refractivity contribution in [1.29, 1.82) is 0 Å². The Morgan fingerprint density at radius 1 is 0.550 bits per heavy atom. The van der Waals surface area contributed by atoms with Crippen LogP contribution in [-0.4, -0.2) is 0 Å². The summed E-state index contributed by atoms with van der Waals surface area (Å²) in [6.07, 6.45) is 14.0. The van der Waals surface area contributed by atoms with Gasteiger partial charge in [-0.15, -0.1) is 0 Å². The van der Waals surface area contributed by atoms with Crippen LogP contribution in [0.1, 0.15) is 102 Å². The number of aryl methyl sites for hydroxylation is 6. The minimum atomic E-state index is 0.631. The van der Waals surface area contributed by atoms with Gasteiger partial charge in [0.15, 0.2) is 12.4 Å². The molecule has 2 fully saturated rings. The fraction of sp³-hybridized carbons (Fsp3) is 0.421. The van der Waals surface area contributed by atoms with Gasteiger partial charge in [0.1, 0.15) is 14.1 Å². The Balaban J connectivity index is 1.23. The predicted octanol–water partition coefficient (Wildman–Crippen LogP) is 8.61. The second-order valence-electron chi connectivity index (χ2n) is 12.9. The third-order valence-electron chi connectivity index (χ3n) is 10.1. The molecule has 0 aliphatic heterocycles. The van der Waals surface area contributed by atoms with Crippen molar-refractivity contribution in [3.8, 4) is 22.5 Å². The molecule has 2 aromatic carbocycles. The Morgan fingerprint density at radius 2 is 1.23 bits per heavy atom. The van der Waals surface area contributed by atoms with Crippen LogP contribution < -0.4 is 9.13 Å². The summed E-state index contributed by atoms with van der Waals surface area (Å²) >= 11 is 0. The topological polar surface area (TPSA) is 7.76 Å². The van der Waals surface area contributed by atoms with Gasteiger partial charge in [-0.1, -0.05) is 43.2 Å². The zero-order chi connectivity index (χ0) is 28.0. The molecule has 0 spiro atoms. The van der Waals surface area contributed by atoms with Gasteiger partial charge < -0.3 is 0 Å². The summed E-state index contributed by atoms with van der Waals surface area (Å²) in [5, 5.41) is 0. The van der Waals surface area contributed by atoms with Gasteiger partial charge >= 0.3 is 0 Å². The highest BCUT2D eigenvalue weighted by molar-refractivity contribution is 5.63. The van der Waals surface area contributed by atoms with E-state index in [1.54, 1.807) is 5.56 Å². The first-order valence-electron chi connectivity index (χ1n) is 15.5.